The molecule has 2 fully saturated rings. The molecule has 0 radical (unpaired) electrons. The van der Waals surface area contributed by atoms with E-state index >= 15 is 0 Å². The molecule has 114 valence electrons. The van der Waals surface area contributed by atoms with Gasteiger partial charge in [0.25, 0.3) is 0 Å². The highest BCUT2D eigenvalue weighted by molar-refractivity contribution is 5.49. The highest BCUT2D eigenvalue weighted by Gasteiger charge is 2.34. The van der Waals surface area contributed by atoms with Crippen molar-refractivity contribution in [1.29, 1.82) is 0 Å². The molecule has 3 rings (SSSR count). The van der Waals surface area contributed by atoms with E-state index in [0.717, 1.165) is 31.9 Å². The molecule has 1 aromatic carbocycles. The number of rotatable bonds is 8. The highest BCUT2D eigenvalue weighted by atomic mass is 16.6. The SMILES string of the molecule is C=C1OC1CN(CC1CO1)c1ccc(CC(C)OC)cc1. The predicted octanol–water partition coefficient (Wildman–Crippen LogP) is 2.38. The Morgan fingerprint density at radius 1 is 1.33 bits per heavy atom. The van der Waals surface area contributed by atoms with Gasteiger partial charge in [0.1, 0.15) is 5.76 Å². The molecule has 0 aromatic heterocycles. The monoisotopic (exact) mass is 289 g/mol. The molecular formula is C17H23NO3. The maximum atomic E-state index is 5.37. The van der Waals surface area contributed by atoms with Crippen molar-refractivity contribution >= 4 is 5.69 Å². The van der Waals surface area contributed by atoms with E-state index in [1.807, 2.05) is 0 Å². The van der Waals surface area contributed by atoms with E-state index in [1.54, 1.807) is 7.11 Å². The second-order valence-corrected chi connectivity index (χ2v) is 5.85. The van der Waals surface area contributed by atoms with Crippen LogP contribution < -0.4 is 4.90 Å². The van der Waals surface area contributed by atoms with Crippen LogP contribution in [0.4, 0.5) is 5.69 Å². The van der Waals surface area contributed by atoms with Crippen molar-refractivity contribution in [2.24, 2.45) is 0 Å². The summed E-state index contributed by atoms with van der Waals surface area (Å²) in [5, 5.41) is 0. The number of epoxide rings is 2. The first-order chi connectivity index (χ1) is 10.2. The average molecular weight is 289 g/mol. The molecule has 21 heavy (non-hydrogen) atoms. The number of hydrogen-bond donors (Lipinski definition) is 0. The molecule has 4 heteroatoms. The van der Waals surface area contributed by atoms with Gasteiger partial charge in [-0.15, -0.1) is 0 Å². The third kappa shape index (κ3) is 3.99. The Morgan fingerprint density at radius 2 is 2.00 bits per heavy atom. The van der Waals surface area contributed by atoms with E-state index in [2.05, 4.69) is 42.7 Å². The Hall–Kier alpha value is -1.52. The standard InChI is InChI=1S/C17H23NO3/c1-12(19-3)8-14-4-6-15(7-5-14)18(9-16-11-20-16)10-17-13(2)21-17/h4-7,12,16-17H,2,8-11H2,1,3H3. The van der Waals surface area contributed by atoms with E-state index in [9.17, 15) is 0 Å². The van der Waals surface area contributed by atoms with Crippen molar-refractivity contribution in [3.05, 3.63) is 42.2 Å². The molecule has 4 nitrogen and oxygen atoms in total. The van der Waals surface area contributed by atoms with Crippen molar-refractivity contribution in [3.8, 4) is 0 Å². The van der Waals surface area contributed by atoms with Crippen molar-refractivity contribution in [3.63, 3.8) is 0 Å². The number of ether oxygens (including phenoxy) is 3. The van der Waals surface area contributed by atoms with Gasteiger partial charge in [0.15, 0.2) is 6.10 Å². The third-order valence-electron chi connectivity index (χ3n) is 4.04. The summed E-state index contributed by atoms with van der Waals surface area (Å²) in [6, 6.07) is 8.69. The van der Waals surface area contributed by atoms with Crippen molar-refractivity contribution < 1.29 is 14.2 Å². The molecule has 3 unspecified atom stereocenters. The van der Waals surface area contributed by atoms with E-state index in [-0.39, 0.29) is 12.2 Å². The van der Waals surface area contributed by atoms with Gasteiger partial charge in [0.05, 0.1) is 25.4 Å². The fraction of sp³-hybridized carbons (Fsp3) is 0.529. The summed E-state index contributed by atoms with van der Waals surface area (Å²) in [7, 11) is 1.75. The fourth-order valence-corrected chi connectivity index (χ4v) is 2.45. The van der Waals surface area contributed by atoms with E-state index in [0.29, 0.717) is 6.10 Å². The van der Waals surface area contributed by atoms with Gasteiger partial charge in [-0.05, 0) is 31.0 Å². The minimum atomic E-state index is 0.178. The molecule has 0 saturated carbocycles. The van der Waals surface area contributed by atoms with Gasteiger partial charge in [-0.25, -0.2) is 0 Å². The number of nitrogens with zero attached hydrogens (tertiary/aromatic N) is 1. The summed E-state index contributed by atoms with van der Waals surface area (Å²) in [6.45, 7) is 8.57. The molecule has 2 aliphatic rings. The topological polar surface area (TPSA) is 37.5 Å². The van der Waals surface area contributed by atoms with Crippen LogP contribution in [-0.4, -0.2) is 45.1 Å². The summed E-state index contributed by atoms with van der Waals surface area (Å²) in [5.41, 5.74) is 2.51. The minimum Gasteiger partial charge on any atom is -0.482 e. The van der Waals surface area contributed by atoms with E-state index < -0.39 is 0 Å². The molecule has 0 spiro atoms. The highest BCUT2D eigenvalue weighted by Crippen LogP contribution is 2.29. The first kappa shape index (κ1) is 14.4. The summed E-state index contributed by atoms with van der Waals surface area (Å²) in [4.78, 5) is 2.32. The van der Waals surface area contributed by atoms with Crippen molar-refractivity contribution in [1.82, 2.24) is 0 Å². The normalized spacial score (nSPS) is 24.4. The van der Waals surface area contributed by atoms with Gasteiger partial charge in [-0.1, -0.05) is 18.7 Å². The first-order valence-corrected chi connectivity index (χ1v) is 7.49. The van der Waals surface area contributed by atoms with Crippen molar-refractivity contribution in [2.45, 2.75) is 31.7 Å². The lowest BCUT2D eigenvalue weighted by Crippen LogP contribution is -2.31. The predicted molar refractivity (Wildman–Crippen MR) is 82.6 cm³/mol. The molecule has 2 aliphatic heterocycles. The first-order valence-electron chi connectivity index (χ1n) is 7.49. The molecule has 2 saturated heterocycles. The minimum absolute atomic E-state index is 0.178. The summed E-state index contributed by atoms with van der Waals surface area (Å²) in [6.07, 6.45) is 1.72. The summed E-state index contributed by atoms with van der Waals surface area (Å²) in [5.74, 6) is 0.891. The maximum absolute atomic E-state index is 5.37. The molecule has 0 amide bonds. The van der Waals surface area contributed by atoms with Crippen LogP contribution in [0.1, 0.15) is 12.5 Å². The maximum Gasteiger partial charge on any atom is 0.172 e. The molecule has 0 N–H and O–H groups in total. The Labute approximate surface area is 126 Å². The lowest BCUT2D eigenvalue weighted by molar-refractivity contribution is 0.119. The molecule has 0 bridgehead atoms. The smallest absolute Gasteiger partial charge is 0.172 e. The average Bonchev–Trinajstić information content (AvgIpc) is 3.39. The van der Waals surface area contributed by atoms with Gasteiger partial charge in [0.2, 0.25) is 0 Å². The summed E-state index contributed by atoms with van der Waals surface area (Å²) < 4.78 is 16.0. The second-order valence-electron chi connectivity index (χ2n) is 5.85. The molecule has 0 aliphatic carbocycles. The van der Waals surface area contributed by atoms with Gasteiger partial charge in [-0.3, -0.25) is 0 Å². The molecule has 1 aromatic rings. The van der Waals surface area contributed by atoms with Gasteiger partial charge in [0, 0.05) is 19.3 Å². The van der Waals surface area contributed by atoms with Crippen LogP contribution in [-0.2, 0) is 20.6 Å². The van der Waals surface area contributed by atoms with Gasteiger partial charge < -0.3 is 19.1 Å². The second kappa shape index (κ2) is 6.08. The van der Waals surface area contributed by atoms with Crippen LogP contribution >= 0.6 is 0 Å². The third-order valence-corrected chi connectivity index (χ3v) is 4.04. The van der Waals surface area contributed by atoms with Gasteiger partial charge >= 0.3 is 0 Å². The lowest BCUT2D eigenvalue weighted by Gasteiger charge is -2.23. The van der Waals surface area contributed by atoms with Crippen LogP contribution in [0, 0.1) is 0 Å². The zero-order chi connectivity index (χ0) is 14.8. The zero-order valence-electron chi connectivity index (χ0n) is 12.7. The molecule has 3 atom stereocenters. The molecular weight excluding hydrogens is 266 g/mol. The van der Waals surface area contributed by atoms with Crippen LogP contribution in [0.3, 0.4) is 0 Å². The quantitative estimate of drug-likeness (QED) is 0.689. The lowest BCUT2D eigenvalue weighted by atomic mass is 10.1. The Bertz CT molecular complexity index is 495. The molecule has 2 heterocycles. The van der Waals surface area contributed by atoms with Crippen LogP contribution in [0.2, 0.25) is 0 Å². The Morgan fingerprint density at radius 3 is 2.52 bits per heavy atom. The van der Waals surface area contributed by atoms with Crippen LogP contribution in [0.5, 0.6) is 0 Å². The van der Waals surface area contributed by atoms with Gasteiger partial charge in [-0.2, -0.15) is 0 Å². The van der Waals surface area contributed by atoms with Crippen molar-refractivity contribution in [2.75, 3.05) is 31.7 Å². The Kier molecular flexibility index (Phi) is 4.17. The number of hydrogen-bond acceptors (Lipinski definition) is 4. The fourth-order valence-electron chi connectivity index (χ4n) is 2.45. The number of benzene rings is 1. The van der Waals surface area contributed by atoms with E-state index in [1.165, 1.54) is 11.3 Å². The Balaban J connectivity index is 1.64. The number of methoxy groups -OCH3 is 1. The number of anilines is 1. The van der Waals surface area contributed by atoms with Crippen LogP contribution in [0.25, 0.3) is 0 Å². The summed E-state index contributed by atoms with van der Waals surface area (Å²) >= 11 is 0. The van der Waals surface area contributed by atoms with Crippen LogP contribution in [0.15, 0.2) is 36.6 Å². The zero-order valence-corrected chi connectivity index (χ0v) is 12.7. The van der Waals surface area contributed by atoms with E-state index in [4.69, 9.17) is 14.2 Å². The largest absolute Gasteiger partial charge is 0.482 e.